The third-order valence-corrected chi connectivity index (χ3v) is 3.63. The lowest BCUT2D eigenvalue weighted by atomic mass is 9.91. The molecule has 0 radical (unpaired) electrons. The van der Waals surface area contributed by atoms with Crippen LogP contribution in [0.3, 0.4) is 0 Å². The van der Waals surface area contributed by atoms with E-state index in [0.29, 0.717) is 17.8 Å². The molecule has 0 aromatic carbocycles. The normalized spacial score (nSPS) is 20.0. The molecule has 17 heavy (non-hydrogen) atoms. The lowest BCUT2D eigenvalue weighted by Crippen LogP contribution is -2.56. The maximum atomic E-state index is 11.7. The molecule has 0 bridgehead atoms. The minimum atomic E-state index is -0.658. The van der Waals surface area contributed by atoms with Crippen molar-refractivity contribution in [3.8, 4) is 0 Å². The van der Waals surface area contributed by atoms with Gasteiger partial charge in [0.05, 0.1) is 0 Å². The van der Waals surface area contributed by atoms with Crippen LogP contribution in [-0.2, 0) is 4.79 Å². The van der Waals surface area contributed by atoms with Crippen molar-refractivity contribution in [2.24, 2.45) is 17.8 Å². The molecule has 3 nitrogen and oxygen atoms in total. The highest BCUT2D eigenvalue weighted by molar-refractivity contribution is 5.79. The molecule has 1 unspecified atom stereocenters. The van der Waals surface area contributed by atoms with Gasteiger partial charge in [-0.2, -0.15) is 0 Å². The van der Waals surface area contributed by atoms with Crippen LogP contribution in [0.1, 0.15) is 47.5 Å². The first-order chi connectivity index (χ1) is 7.78. The van der Waals surface area contributed by atoms with E-state index >= 15 is 0 Å². The average Bonchev–Trinajstić information content (AvgIpc) is 2.96. The lowest BCUT2D eigenvalue weighted by molar-refractivity contribution is -0.153. The highest BCUT2D eigenvalue weighted by atomic mass is 16.4. The third kappa shape index (κ3) is 3.44. The van der Waals surface area contributed by atoms with Gasteiger partial charge in [-0.15, -0.1) is 0 Å². The summed E-state index contributed by atoms with van der Waals surface area (Å²) in [6.45, 7) is 12.3. The second-order valence-electron chi connectivity index (χ2n) is 6.42. The summed E-state index contributed by atoms with van der Waals surface area (Å²) >= 11 is 0. The van der Waals surface area contributed by atoms with Gasteiger partial charge in [0, 0.05) is 13.1 Å². The molecular formula is C14H27NO2. The fraction of sp³-hybridized carbons (Fsp3) is 0.929. The number of rotatable bonds is 7. The van der Waals surface area contributed by atoms with Crippen molar-refractivity contribution in [2.75, 3.05) is 13.1 Å². The molecule has 0 aromatic heterocycles. The molecule has 1 rings (SSSR count). The van der Waals surface area contributed by atoms with Gasteiger partial charge < -0.3 is 5.11 Å². The van der Waals surface area contributed by atoms with Crippen LogP contribution >= 0.6 is 0 Å². The number of hydrogen-bond donors (Lipinski definition) is 1. The number of carboxylic acids is 1. The zero-order chi connectivity index (χ0) is 13.2. The van der Waals surface area contributed by atoms with Gasteiger partial charge in [-0.3, -0.25) is 9.69 Å². The minimum Gasteiger partial charge on any atom is -0.480 e. The Kier molecular flexibility index (Phi) is 4.59. The van der Waals surface area contributed by atoms with E-state index < -0.39 is 11.5 Å². The van der Waals surface area contributed by atoms with Gasteiger partial charge in [-0.25, -0.2) is 0 Å². The second-order valence-corrected chi connectivity index (χ2v) is 6.42. The number of nitrogens with zero attached hydrogens (tertiary/aromatic N) is 1. The topological polar surface area (TPSA) is 40.5 Å². The molecular weight excluding hydrogens is 214 g/mol. The quantitative estimate of drug-likeness (QED) is 0.745. The number of carbonyl (C=O) groups is 1. The molecule has 100 valence electrons. The molecule has 1 N–H and O–H groups in total. The Morgan fingerprint density at radius 2 is 1.65 bits per heavy atom. The zero-order valence-corrected chi connectivity index (χ0v) is 11.9. The Bertz CT molecular complexity index is 261. The molecule has 0 amide bonds. The third-order valence-electron chi connectivity index (χ3n) is 3.63. The Morgan fingerprint density at radius 1 is 1.24 bits per heavy atom. The molecule has 0 aliphatic heterocycles. The maximum Gasteiger partial charge on any atom is 0.324 e. The highest BCUT2D eigenvalue weighted by Crippen LogP contribution is 2.43. The van der Waals surface area contributed by atoms with Crippen molar-refractivity contribution in [1.82, 2.24) is 4.90 Å². The van der Waals surface area contributed by atoms with Gasteiger partial charge in [0.15, 0.2) is 0 Å². The summed E-state index contributed by atoms with van der Waals surface area (Å²) in [7, 11) is 0. The maximum absolute atomic E-state index is 11.7. The van der Waals surface area contributed by atoms with Crippen molar-refractivity contribution < 1.29 is 9.90 Å². The first kappa shape index (κ1) is 14.5. The van der Waals surface area contributed by atoms with Gasteiger partial charge in [0.25, 0.3) is 0 Å². The van der Waals surface area contributed by atoms with Crippen LogP contribution in [0, 0.1) is 17.8 Å². The van der Waals surface area contributed by atoms with Crippen LogP contribution in [0.15, 0.2) is 0 Å². The molecule has 3 heteroatoms. The number of carboxylic acid groups (broad SMARTS) is 1. The van der Waals surface area contributed by atoms with E-state index in [9.17, 15) is 9.90 Å². The van der Waals surface area contributed by atoms with Crippen molar-refractivity contribution in [3.05, 3.63) is 0 Å². The standard InChI is InChI=1S/C14H27NO2/c1-10(2)8-15(9-11(3)4)14(5,13(16)17)12-6-7-12/h10-12H,6-9H2,1-5H3,(H,16,17). The monoisotopic (exact) mass is 241 g/mol. The first-order valence-corrected chi connectivity index (χ1v) is 6.76. The van der Waals surface area contributed by atoms with Gasteiger partial charge in [0.2, 0.25) is 0 Å². The summed E-state index contributed by atoms with van der Waals surface area (Å²) in [6, 6.07) is 0. The van der Waals surface area contributed by atoms with Crippen molar-refractivity contribution in [1.29, 1.82) is 0 Å². The van der Waals surface area contributed by atoms with Crippen LogP contribution in [-0.4, -0.2) is 34.6 Å². The van der Waals surface area contributed by atoms with Crippen LogP contribution in [0.2, 0.25) is 0 Å². The van der Waals surface area contributed by atoms with Crippen molar-refractivity contribution in [3.63, 3.8) is 0 Å². The Labute approximate surface area is 105 Å². The molecule has 0 saturated heterocycles. The first-order valence-electron chi connectivity index (χ1n) is 6.76. The fourth-order valence-corrected chi connectivity index (χ4v) is 2.55. The molecule has 1 atom stereocenters. The smallest absolute Gasteiger partial charge is 0.324 e. The van der Waals surface area contributed by atoms with Gasteiger partial charge >= 0.3 is 5.97 Å². The van der Waals surface area contributed by atoms with E-state index in [-0.39, 0.29) is 0 Å². The molecule has 1 saturated carbocycles. The van der Waals surface area contributed by atoms with Crippen LogP contribution < -0.4 is 0 Å². The number of hydrogen-bond acceptors (Lipinski definition) is 2. The predicted octanol–water partition coefficient (Wildman–Crippen LogP) is 2.85. The highest BCUT2D eigenvalue weighted by Gasteiger charge is 2.51. The van der Waals surface area contributed by atoms with E-state index in [1.54, 1.807) is 0 Å². The average molecular weight is 241 g/mol. The Hall–Kier alpha value is -0.570. The lowest BCUT2D eigenvalue weighted by Gasteiger charge is -2.40. The molecule has 1 fully saturated rings. The van der Waals surface area contributed by atoms with Crippen molar-refractivity contribution >= 4 is 5.97 Å². The molecule has 0 heterocycles. The minimum absolute atomic E-state index is 0.345. The summed E-state index contributed by atoms with van der Waals surface area (Å²) in [6.07, 6.45) is 2.13. The van der Waals surface area contributed by atoms with Gasteiger partial charge in [-0.05, 0) is 37.5 Å². The van der Waals surface area contributed by atoms with E-state index in [1.807, 2.05) is 6.92 Å². The van der Waals surface area contributed by atoms with E-state index in [0.717, 1.165) is 25.9 Å². The summed E-state index contributed by atoms with van der Waals surface area (Å²) in [5.74, 6) is 0.705. The van der Waals surface area contributed by atoms with Crippen LogP contribution in [0.25, 0.3) is 0 Å². The molecule has 0 aromatic rings. The van der Waals surface area contributed by atoms with Crippen molar-refractivity contribution in [2.45, 2.75) is 53.0 Å². The molecule has 1 aliphatic rings. The van der Waals surface area contributed by atoms with Crippen LogP contribution in [0.4, 0.5) is 0 Å². The summed E-state index contributed by atoms with van der Waals surface area (Å²) in [5.41, 5.74) is -0.658. The molecule has 0 spiro atoms. The molecule has 1 aliphatic carbocycles. The zero-order valence-electron chi connectivity index (χ0n) is 11.9. The van der Waals surface area contributed by atoms with Crippen LogP contribution in [0.5, 0.6) is 0 Å². The van der Waals surface area contributed by atoms with E-state index in [1.165, 1.54) is 0 Å². The summed E-state index contributed by atoms with van der Waals surface area (Å²) in [4.78, 5) is 13.9. The van der Waals surface area contributed by atoms with Gasteiger partial charge in [0.1, 0.15) is 5.54 Å². The summed E-state index contributed by atoms with van der Waals surface area (Å²) < 4.78 is 0. The Morgan fingerprint density at radius 3 is 1.88 bits per heavy atom. The predicted molar refractivity (Wildman–Crippen MR) is 70.0 cm³/mol. The second kappa shape index (κ2) is 5.38. The fourth-order valence-electron chi connectivity index (χ4n) is 2.55. The van der Waals surface area contributed by atoms with Gasteiger partial charge in [-0.1, -0.05) is 27.7 Å². The van der Waals surface area contributed by atoms with E-state index in [2.05, 4.69) is 32.6 Å². The Balaban J connectivity index is 2.87. The SMILES string of the molecule is CC(C)CN(CC(C)C)C(C)(C(=O)O)C1CC1. The number of aliphatic carboxylic acids is 1. The van der Waals surface area contributed by atoms with E-state index in [4.69, 9.17) is 0 Å². The summed E-state index contributed by atoms with van der Waals surface area (Å²) in [5, 5.41) is 9.60. The largest absolute Gasteiger partial charge is 0.480 e.